The third-order valence-corrected chi connectivity index (χ3v) is 5.59. The molecule has 1 atom stereocenters. The summed E-state index contributed by atoms with van der Waals surface area (Å²) < 4.78 is 5.69. The van der Waals surface area contributed by atoms with E-state index in [1.165, 1.54) is 38.8 Å². The standard InChI is InChI=1S/C22H34N2O2/c1-18(2)26-21-11-9-19(10-12-21)22(25)24-16-7-4-8-20(24)13-17-23-14-5-3-6-15-23/h9-12,18,20H,3-8,13-17H2,1-2H3/t20-/m1/s1. The van der Waals surface area contributed by atoms with Crippen LogP contribution in [0, 0.1) is 0 Å². The molecule has 0 saturated carbocycles. The summed E-state index contributed by atoms with van der Waals surface area (Å²) in [5, 5.41) is 0. The van der Waals surface area contributed by atoms with Crippen molar-refractivity contribution in [2.45, 2.75) is 70.9 Å². The minimum Gasteiger partial charge on any atom is -0.491 e. The van der Waals surface area contributed by atoms with Crippen molar-refractivity contribution in [3.63, 3.8) is 0 Å². The fraction of sp³-hybridized carbons (Fsp3) is 0.682. The molecule has 1 amide bonds. The van der Waals surface area contributed by atoms with Gasteiger partial charge in [0.15, 0.2) is 0 Å². The highest BCUT2D eigenvalue weighted by Crippen LogP contribution is 2.24. The van der Waals surface area contributed by atoms with Crippen LogP contribution in [0.4, 0.5) is 0 Å². The van der Waals surface area contributed by atoms with E-state index in [9.17, 15) is 4.79 Å². The van der Waals surface area contributed by atoms with Gasteiger partial charge in [-0.2, -0.15) is 0 Å². The summed E-state index contributed by atoms with van der Waals surface area (Å²) in [4.78, 5) is 17.8. The molecule has 0 aromatic heterocycles. The number of hydrogen-bond acceptors (Lipinski definition) is 3. The molecular formula is C22H34N2O2. The SMILES string of the molecule is CC(C)Oc1ccc(C(=O)N2CCCC[C@@H]2CCN2CCCCC2)cc1. The number of hydrogen-bond donors (Lipinski definition) is 0. The maximum Gasteiger partial charge on any atom is 0.254 e. The first-order chi connectivity index (χ1) is 12.6. The predicted octanol–water partition coefficient (Wildman–Crippen LogP) is 4.34. The average molecular weight is 359 g/mol. The van der Waals surface area contributed by atoms with E-state index in [0.717, 1.165) is 43.7 Å². The highest BCUT2D eigenvalue weighted by atomic mass is 16.5. The van der Waals surface area contributed by atoms with Crippen molar-refractivity contribution in [3.05, 3.63) is 29.8 Å². The Labute approximate surface area is 158 Å². The molecule has 1 aromatic rings. The summed E-state index contributed by atoms with van der Waals surface area (Å²) in [7, 11) is 0. The summed E-state index contributed by atoms with van der Waals surface area (Å²) in [5.41, 5.74) is 0.783. The molecule has 0 aliphatic carbocycles. The molecular weight excluding hydrogens is 324 g/mol. The smallest absolute Gasteiger partial charge is 0.254 e. The molecule has 2 aliphatic rings. The Balaban J connectivity index is 1.59. The normalized spacial score (nSPS) is 21.8. The largest absolute Gasteiger partial charge is 0.491 e. The minimum absolute atomic E-state index is 0.151. The Morgan fingerprint density at radius 3 is 2.42 bits per heavy atom. The van der Waals surface area contributed by atoms with Crippen molar-refractivity contribution in [2.24, 2.45) is 0 Å². The van der Waals surface area contributed by atoms with E-state index < -0.39 is 0 Å². The Morgan fingerprint density at radius 1 is 1.04 bits per heavy atom. The predicted molar refractivity (Wildman–Crippen MR) is 106 cm³/mol. The van der Waals surface area contributed by atoms with Crippen molar-refractivity contribution < 1.29 is 9.53 Å². The lowest BCUT2D eigenvalue weighted by Gasteiger charge is -2.37. The zero-order chi connectivity index (χ0) is 18.4. The van der Waals surface area contributed by atoms with Crippen molar-refractivity contribution >= 4 is 5.91 Å². The Bertz CT molecular complexity index is 564. The lowest BCUT2D eigenvalue weighted by Crippen LogP contribution is -2.45. The van der Waals surface area contributed by atoms with Crippen LogP contribution in [0.1, 0.15) is 69.2 Å². The van der Waals surface area contributed by atoms with Crippen molar-refractivity contribution in [1.29, 1.82) is 0 Å². The zero-order valence-corrected chi connectivity index (χ0v) is 16.5. The van der Waals surface area contributed by atoms with E-state index >= 15 is 0 Å². The molecule has 2 fully saturated rings. The second-order valence-electron chi connectivity index (χ2n) is 8.03. The van der Waals surface area contributed by atoms with Gasteiger partial charge in [0.05, 0.1) is 6.10 Å². The minimum atomic E-state index is 0.151. The molecule has 0 bridgehead atoms. The number of nitrogens with zero attached hydrogens (tertiary/aromatic N) is 2. The number of likely N-dealkylation sites (tertiary alicyclic amines) is 2. The van der Waals surface area contributed by atoms with Crippen LogP contribution < -0.4 is 4.74 Å². The number of amides is 1. The van der Waals surface area contributed by atoms with E-state index in [1.54, 1.807) is 0 Å². The van der Waals surface area contributed by atoms with Gasteiger partial charge in [0.2, 0.25) is 0 Å². The fourth-order valence-electron chi connectivity index (χ4n) is 4.20. The van der Waals surface area contributed by atoms with Gasteiger partial charge >= 0.3 is 0 Å². The number of ether oxygens (including phenoxy) is 1. The summed E-state index contributed by atoms with van der Waals surface area (Å²) in [6, 6.07) is 8.05. The van der Waals surface area contributed by atoms with E-state index in [4.69, 9.17) is 4.74 Å². The summed E-state index contributed by atoms with van der Waals surface area (Å²) in [5.74, 6) is 1.02. The summed E-state index contributed by atoms with van der Waals surface area (Å²) >= 11 is 0. The van der Waals surface area contributed by atoms with Crippen LogP contribution in [0.5, 0.6) is 5.75 Å². The van der Waals surface area contributed by atoms with Gasteiger partial charge < -0.3 is 14.5 Å². The third kappa shape index (κ3) is 5.23. The lowest BCUT2D eigenvalue weighted by molar-refractivity contribution is 0.0579. The van der Waals surface area contributed by atoms with Crippen molar-refractivity contribution in [1.82, 2.24) is 9.80 Å². The van der Waals surface area contributed by atoms with Gasteiger partial charge in [0.1, 0.15) is 5.75 Å². The van der Waals surface area contributed by atoms with E-state index in [2.05, 4.69) is 9.80 Å². The lowest BCUT2D eigenvalue weighted by atomic mass is 9.97. The second-order valence-corrected chi connectivity index (χ2v) is 8.03. The van der Waals surface area contributed by atoms with Crippen molar-refractivity contribution in [3.8, 4) is 5.75 Å². The number of carbonyl (C=O) groups excluding carboxylic acids is 1. The molecule has 144 valence electrons. The van der Waals surface area contributed by atoms with Crippen molar-refractivity contribution in [2.75, 3.05) is 26.2 Å². The molecule has 2 aliphatic heterocycles. The maximum absolute atomic E-state index is 13.1. The fourth-order valence-corrected chi connectivity index (χ4v) is 4.20. The van der Waals surface area contributed by atoms with Crippen LogP contribution >= 0.6 is 0 Å². The number of carbonyl (C=O) groups is 1. The van der Waals surface area contributed by atoms with Gasteiger partial charge in [-0.05, 0) is 89.7 Å². The van der Waals surface area contributed by atoms with Gasteiger partial charge in [-0.25, -0.2) is 0 Å². The first-order valence-electron chi connectivity index (χ1n) is 10.4. The molecule has 0 unspecified atom stereocenters. The van der Waals surface area contributed by atoms with E-state index in [1.807, 2.05) is 38.1 Å². The molecule has 4 nitrogen and oxygen atoms in total. The van der Waals surface area contributed by atoms with Crippen LogP contribution in [0.3, 0.4) is 0 Å². The maximum atomic E-state index is 13.1. The number of piperidine rings is 2. The average Bonchev–Trinajstić information content (AvgIpc) is 2.67. The van der Waals surface area contributed by atoms with Gasteiger partial charge in [-0.1, -0.05) is 6.42 Å². The highest BCUT2D eigenvalue weighted by Gasteiger charge is 2.28. The monoisotopic (exact) mass is 358 g/mol. The second kappa shape index (κ2) is 9.40. The van der Waals surface area contributed by atoms with Crippen LogP contribution in [0.25, 0.3) is 0 Å². The quantitative estimate of drug-likeness (QED) is 0.758. The Morgan fingerprint density at radius 2 is 1.73 bits per heavy atom. The molecule has 2 heterocycles. The molecule has 3 rings (SSSR count). The molecule has 0 spiro atoms. The molecule has 1 aromatic carbocycles. The van der Waals surface area contributed by atoms with Gasteiger partial charge in [0, 0.05) is 24.7 Å². The Hall–Kier alpha value is -1.55. The molecule has 26 heavy (non-hydrogen) atoms. The molecule has 2 saturated heterocycles. The van der Waals surface area contributed by atoms with Crippen LogP contribution in [0.15, 0.2) is 24.3 Å². The highest BCUT2D eigenvalue weighted by molar-refractivity contribution is 5.94. The molecule has 0 N–H and O–H groups in total. The first kappa shape index (κ1) is 19.2. The number of rotatable bonds is 6. The van der Waals surface area contributed by atoms with Crippen LogP contribution in [-0.4, -0.2) is 54.0 Å². The summed E-state index contributed by atoms with van der Waals surface area (Å²) in [6.07, 6.45) is 8.82. The van der Waals surface area contributed by atoms with Gasteiger partial charge in [-0.3, -0.25) is 4.79 Å². The van der Waals surface area contributed by atoms with Gasteiger partial charge in [0.25, 0.3) is 5.91 Å². The Kier molecular flexibility index (Phi) is 6.95. The first-order valence-corrected chi connectivity index (χ1v) is 10.4. The van der Waals surface area contributed by atoms with Crippen LogP contribution in [0.2, 0.25) is 0 Å². The van der Waals surface area contributed by atoms with E-state index in [-0.39, 0.29) is 12.0 Å². The number of benzene rings is 1. The molecule has 0 radical (unpaired) electrons. The topological polar surface area (TPSA) is 32.8 Å². The van der Waals surface area contributed by atoms with E-state index in [0.29, 0.717) is 6.04 Å². The third-order valence-electron chi connectivity index (χ3n) is 5.59. The zero-order valence-electron chi connectivity index (χ0n) is 16.5. The summed E-state index contributed by atoms with van der Waals surface area (Å²) in [6.45, 7) is 8.53. The van der Waals surface area contributed by atoms with Crippen LogP contribution in [-0.2, 0) is 0 Å². The molecule has 4 heteroatoms. The van der Waals surface area contributed by atoms with Gasteiger partial charge in [-0.15, -0.1) is 0 Å².